The first-order valence-corrected chi connectivity index (χ1v) is 14.7. The Morgan fingerprint density at radius 3 is 2.54 bits per heavy atom. The standard InChI is InChI=1S/C28H36N6O4S/c1-5-28(6-2)15-8-16-34(18-28)26-21(27(35)33-39(36,37)25-10-7-9-23(29)32-25)12-13-22(31-26)20-11-14-24(30-17-20)38-19(3)4/h7,9-14,17,19H,5-6,8,15-16,18H2,1-4H3,(H2,29,32)(H,33,35). The lowest BCUT2D eigenvalue weighted by molar-refractivity contribution is 0.0981. The van der Waals surface area contributed by atoms with E-state index in [0.29, 0.717) is 23.9 Å². The fourth-order valence-corrected chi connectivity index (χ4v) is 5.84. The Bertz CT molecular complexity index is 1420. The van der Waals surface area contributed by atoms with Crippen LogP contribution in [0.3, 0.4) is 0 Å². The van der Waals surface area contributed by atoms with Crippen LogP contribution in [0.15, 0.2) is 53.7 Å². The average Bonchev–Trinajstić information content (AvgIpc) is 2.92. The Kier molecular flexibility index (Phi) is 8.39. The lowest BCUT2D eigenvalue weighted by Crippen LogP contribution is -2.44. The van der Waals surface area contributed by atoms with Crippen LogP contribution >= 0.6 is 0 Å². The molecule has 0 aliphatic carbocycles. The number of amides is 1. The molecule has 1 aliphatic heterocycles. The van der Waals surface area contributed by atoms with Gasteiger partial charge in [0.05, 0.1) is 17.4 Å². The highest BCUT2D eigenvalue weighted by Gasteiger charge is 2.35. The molecule has 1 aliphatic rings. The topological polar surface area (TPSA) is 140 Å². The smallest absolute Gasteiger partial charge is 0.281 e. The van der Waals surface area contributed by atoms with Crippen molar-refractivity contribution in [1.82, 2.24) is 19.7 Å². The normalized spacial score (nSPS) is 15.3. The van der Waals surface area contributed by atoms with E-state index in [2.05, 4.69) is 33.4 Å². The molecule has 4 rings (SSSR count). The molecular weight excluding hydrogens is 516 g/mol. The summed E-state index contributed by atoms with van der Waals surface area (Å²) in [5.74, 6) is 0.210. The van der Waals surface area contributed by atoms with Crippen molar-refractivity contribution in [3.63, 3.8) is 0 Å². The van der Waals surface area contributed by atoms with Gasteiger partial charge in [-0.1, -0.05) is 19.9 Å². The second-order valence-electron chi connectivity index (χ2n) is 10.2. The second kappa shape index (κ2) is 11.6. The summed E-state index contributed by atoms with van der Waals surface area (Å²) in [7, 11) is -4.25. The van der Waals surface area contributed by atoms with Crippen LogP contribution in [0, 0.1) is 5.41 Å². The molecule has 39 heavy (non-hydrogen) atoms. The molecule has 0 unspecified atom stereocenters. The Morgan fingerprint density at radius 1 is 1.13 bits per heavy atom. The number of pyridine rings is 3. The van der Waals surface area contributed by atoms with E-state index in [-0.39, 0.29) is 27.9 Å². The summed E-state index contributed by atoms with van der Waals surface area (Å²) >= 11 is 0. The fraction of sp³-hybridized carbons (Fsp3) is 0.429. The predicted molar refractivity (Wildman–Crippen MR) is 151 cm³/mol. The van der Waals surface area contributed by atoms with Gasteiger partial charge in [-0.2, -0.15) is 8.42 Å². The Hall–Kier alpha value is -3.73. The molecule has 11 heteroatoms. The number of carbonyl (C=O) groups is 1. The minimum absolute atomic E-state index is 0.00109. The average molecular weight is 553 g/mol. The molecule has 1 fully saturated rings. The Morgan fingerprint density at radius 2 is 1.90 bits per heavy atom. The number of hydrogen-bond donors (Lipinski definition) is 2. The first-order valence-electron chi connectivity index (χ1n) is 13.2. The van der Waals surface area contributed by atoms with Crippen LogP contribution < -0.4 is 20.1 Å². The largest absolute Gasteiger partial charge is 0.475 e. The number of nitrogens with two attached hydrogens (primary N) is 1. The fourth-order valence-electron chi connectivity index (χ4n) is 4.90. The highest BCUT2D eigenvalue weighted by molar-refractivity contribution is 7.90. The van der Waals surface area contributed by atoms with Crippen molar-refractivity contribution in [3.05, 3.63) is 54.2 Å². The summed E-state index contributed by atoms with van der Waals surface area (Å²) in [4.78, 5) is 28.7. The molecule has 4 heterocycles. The van der Waals surface area contributed by atoms with Gasteiger partial charge >= 0.3 is 0 Å². The summed E-state index contributed by atoms with van der Waals surface area (Å²) in [5, 5.41) is -0.328. The van der Waals surface area contributed by atoms with Crippen LogP contribution in [0.2, 0.25) is 0 Å². The molecule has 1 amide bonds. The van der Waals surface area contributed by atoms with Gasteiger partial charge in [0.1, 0.15) is 11.6 Å². The van der Waals surface area contributed by atoms with Gasteiger partial charge < -0.3 is 15.4 Å². The third-order valence-corrected chi connectivity index (χ3v) is 8.45. The van der Waals surface area contributed by atoms with Gasteiger partial charge in [0.15, 0.2) is 5.03 Å². The van der Waals surface area contributed by atoms with Crippen LogP contribution in [0.25, 0.3) is 11.3 Å². The van der Waals surface area contributed by atoms with Crippen molar-refractivity contribution in [1.29, 1.82) is 0 Å². The zero-order valence-corrected chi connectivity index (χ0v) is 23.7. The molecule has 10 nitrogen and oxygen atoms in total. The monoisotopic (exact) mass is 552 g/mol. The Labute approximate surface area is 230 Å². The molecule has 3 N–H and O–H groups in total. The van der Waals surface area contributed by atoms with Gasteiger partial charge in [0, 0.05) is 30.9 Å². The van der Waals surface area contributed by atoms with Gasteiger partial charge in [0.2, 0.25) is 5.88 Å². The number of hydrogen-bond acceptors (Lipinski definition) is 9. The second-order valence-corrected chi connectivity index (χ2v) is 11.8. The first-order chi connectivity index (χ1) is 18.6. The summed E-state index contributed by atoms with van der Waals surface area (Å²) < 4.78 is 33.7. The van der Waals surface area contributed by atoms with E-state index in [1.165, 1.54) is 18.2 Å². The highest BCUT2D eigenvalue weighted by atomic mass is 32.2. The maximum Gasteiger partial charge on any atom is 0.281 e. The summed E-state index contributed by atoms with van der Waals surface area (Å²) in [6, 6.07) is 11.2. The van der Waals surface area contributed by atoms with Crippen molar-refractivity contribution < 1.29 is 17.9 Å². The van der Waals surface area contributed by atoms with Crippen LogP contribution in [0.5, 0.6) is 5.88 Å². The Balaban J connectivity index is 1.72. The van der Waals surface area contributed by atoms with Gasteiger partial charge in [0.25, 0.3) is 15.9 Å². The van der Waals surface area contributed by atoms with Crippen LogP contribution in [0.4, 0.5) is 11.6 Å². The number of aromatic nitrogens is 3. The zero-order chi connectivity index (χ0) is 28.2. The number of carbonyl (C=O) groups excluding carboxylic acids is 1. The number of sulfonamides is 1. The van der Waals surface area contributed by atoms with Crippen LogP contribution in [-0.2, 0) is 10.0 Å². The lowest BCUT2D eigenvalue weighted by Gasteiger charge is -2.43. The molecule has 0 aromatic carbocycles. The maximum atomic E-state index is 13.4. The van der Waals surface area contributed by atoms with Crippen molar-refractivity contribution in [2.75, 3.05) is 23.7 Å². The minimum Gasteiger partial charge on any atom is -0.475 e. The van der Waals surface area contributed by atoms with Gasteiger partial charge in [-0.15, -0.1) is 0 Å². The van der Waals surface area contributed by atoms with E-state index in [1.807, 2.05) is 19.9 Å². The molecule has 208 valence electrons. The molecule has 0 saturated carbocycles. The number of piperidine rings is 1. The minimum atomic E-state index is -4.25. The van der Waals surface area contributed by atoms with E-state index in [1.54, 1.807) is 24.4 Å². The predicted octanol–water partition coefficient (Wildman–Crippen LogP) is 4.43. The summed E-state index contributed by atoms with van der Waals surface area (Å²) in [6.45, 7) is 9.66. The van der Waals surface area contributed by atoms with Gasteiger partial charge in [-0.25, -0.2) is 19.7 Å². The zero-order valence-electron chi connectivity index (χ0n) is 22.8. The van der Waals surface area contributed by atoms with Crippen LogP contribution in [0.1, 0.15) is 63.7 Å². The van der Waals surface area contributed by atoms with Crippen molar-refractivity contribution >= 4 is 27.6 Å². The molecule has 0 radical (unpaired) electrons. The van der Waals surface area contributed by atoms with E-state index in [9.17, 15) is 13.2 Å². The molecule has 0 atom stereocenters. The summed E-state index contributed by atoms with van der Waals surface area (Å²) in [6.07, 6.45) is 5.71. The van der Waals surface area contributed by atoms with Crippen molar-refractivity contribution in [2.45, 2.75) is 64.5 Å². The van der Waals surface area contributed by atoms with Gasteiger partial charge in [-0.3, -0.25) is 4.79 Å². The SMILES string of the molecule is CCC1(CC)CCCN(c2nc(-c3ccc(OC(C)C)nc3)ccc2C(=O)NS(=O)(=O)c2cccc(N)n2)C1. The molecule has 3 aromatic rings. The summed E-state index contributed by atoms with van der Waals surface area (Å²) in [5.41, 5.74) is 7.30. The quantitative estimate of drug-likeness (QED) is 0.394. The van der Waals surface area contributed by atoms with E-state index in [4.69, 9.17) is 15.5 Å². The first kappa shape index (κ1) is 28.3. The maximum absolute atomic E-state index is 13.4. The number of ether oxygens (including phenoxy) is 1. The van der Waals surface area contributed by atoms with E-state index < -0.39 is 15.9 Å². The molecular formula is C28H36N6O4S. The number of anilines is 2. The number of nitrogens with zero attached hydrogens (tertiary/aromatic N) is 4. The highest BCUT2D eigenvalue weighted by Crippen LogP contribution is 2.39. The van der Waals surface area contributed by atoms with Crippen molar-refractivity contribution in [3.8, 4) is 17.1 Å². The third kappa shape index (κ3) is 6.47. The van der Waals surface area contributed by atoms with E-state index in [0.717, 1.165) is 37.8 Å². The van der Waals surface area contributed by atoms with Crippen molar-refractivity contribution in [2.24, 2.45) is 5.41 Å². The van der Waals surface area contributed by atoms with Gasteiger partial charge in [-0.05, 0) is 75.3 Å². The molecule has 0 bridgehead atoms. The molecule has 1 saturated heterocycles. The number of nitrogen functional groups attached to an aromatic ring is 1. The molecule has 3 aromatic heterocycles. The van der Waals surface area contributed by atoms with E-state index >= 15 is 0 Å². The third-order valence-electron chi connectivity index (χ3n) is 7.22. The van der Waals surface area contributed by atoms with Crippen LogP contribution in [-0.4, -0.2) is 48.5 Å². The number of rotatable bonds is 9. The molecule has 0 spiro atoms. The number of nitrogens with one attached hydrogen (secondary N) is 1. The lowest BCUT2D eigenvalue weighted by atomic mass is 9.75.